The van der Waals surface area contributed by atoms with E-state index in [1.807, 2.05) is 52.0 Å². The highest BCUT2D eigenvalue weighted by atomic mass is 32.2. The minimum Gasteiger partial charge on any atom is -0.497 e. The van der Waals surface area contributed by atoms with E-state index >= 15 is 0 Å². The molecule has 2 rings (SSSR count). The Morgan fingerprint density at radius 3 is 2.38 bits per heavy atom. The summed E-state index contributed by atoms with van der Waals surface area (Å²) in [5.74, 6) is 1.64. The van der Waals surface area contributed by atoms with Crippen molar-refractivity contribution in [2.24, 2.45) is 0 Å². The Hall–Kier alpha value is -2.47. The number of aryl methyl sites for hydroxylation is 1. The summed E-state index contributed by atoms with van der Waals surface area (Å²) in [6.07, 6.45) is 0.542. The Bertz CT molecular complexity index is 891. The van der Waals surface area contributed by atoms with Crippen LogP contribution in [0.2, 0.25) is 0 Å². The van der Waals surface area contributed by atoms with Crippen molar-refractivity contribution in [3.63, 3.8) is 0 Å². The molecule has 174 valence electrons. The molecule has 2 aromatic carbocycles. The van der Waals surface area contributed by atoms with Gasteiger partial charge in [0.05, 0.1) is 12.9 Å². The number of nitrogens with one attached hydrogen (secondary N) is 1. The quantitative estimate of drug-likeness (QED) is 0.549. The van der Waals surface area contributed by atoms with Crippen LogP contribution in [-0.2, 0) is 21.9 Å². The third-order valence-corrected chi connectivity index (χ3v) is 5.97. The average molecular weight is 457 g/mol. The molecule has 0 saturated heterocycles. The molecule has 6 heteroatoms. The van der Waals surface area contributed by atoms with E-state index in [-0.39, 0.29) is 17.4 Å². The number of amides is 2. The molecule has 0 aromatic heterocycles. The van der Waals surface area contributed by atoms with Crippen molar-refractivity contribution >= 4 is 23.6 Å². The van der Waals surface area contributed by atoms with Gasteiger partial charge in [0.1, 0.15) is 11.8 Å². The molecule has 0 bridgehead atoms. The van der Waals surface area contributed by atoms with Gasteiger partial charge in [-0.15, -0.1) is 11.8 Å². The Labute approximate surface area is 196 Å². The first-order chi connectivity index (χ1) is 15.1. The number of nitrogens with zero attached hydrogens (tertiary/aromatic N) is 1. The van der Waals surface area contributed by atoms with Gasteiger partial charge < -0.3 is 15.0 Å². The third kappa shape index (κ3) is 8.23. The van der Waals surface area contributed by atoms with Crippen LogP contribution in [0, 0.1) is 6.92 Å². The molecular formula is C26H36N2O3S. The molecule has 0 heterocycles. The van der Waals surface area contributed by atoms with Gasteiger partial charge in [-0.3, -0.25) is 9.59 Å². The van der Waals surface area contributed by atoms with Gasteiger partial charge in [0.2, 0.25) is 11.8 Å². The third-order valence-electron chi connectivity index (χ3n) is 4.99. The summed E-state index contributed by atoms with van der Waals surface area (Å²) in [5, 5.41) is 3.04. The topological polar surface area (TPSA) is 58.6 Å². The lowest BCUT2D eigenvalue weighted by Gasteiger charge is -2.33. The van der Waals surface area contributed by atoms with Crippen LogP contribution in [0.1, 0.15) is 50.8 Å². The monoisotopic (exact) mass is 456 g/mol. The summed E-state index contributed by atoms with van der Waals surface area (Å²) in [6, 6.07) is 15.4. The Morgan fingerprint density at radius 2 is 1.78 bits per heavy atom. The van der Waals surface area contributed by atoms with Crippen molar-refractivity contribution in [3.05, 3.63) is 65.2 Å². The van der Waals surface area contributed by atoms with Gasteiger partial charge in [0.15, 0.2) is 0 Å². The zero-order valence-corrected chi connectivity index (χ0v) is 20.9. The van der Waals surface area contributed by atoms with Gasteiger partial charge in [0, 0.05) is 17.8 Å². The van der Waals surface area contributed by atoms with Gasteiger partial charge in [-0.1, -0.05) is 48.9 Å². The van der Waals surface area contributed by atoms with E-state index < -0.39 is 6.04 Å². The molecule has 5 nitrogen and oxygen atoms in total. The lowest BCUT2D eigenvalue weighted by atomic mass is 10.1. The predicted molar refractivity (Wildman–Crippen MR) is 133 cm³/mol. The number of thioether (sulfide) groups is 1. The highest BCUT2D eigenvalue weighted by Crippen LogP contribution is 2.20. The number of rotatable bonds is 10. The van der Waals surface area contributed by atoms with Crippen LogP contribution in [0.4, 0.5) is 0 Å². The number of hydrogen-bond donors (Lipinski definition) is 1. The van der Waals surface area contributed by atoms with Gasteiger partial charge in [-0.2, -0.15) is 0 Å². The first-order valence-electron chi connectivity index (χ1n) is 11.0. The van der Waals surface area contributed by atoms with E-state index in [1.165, 1.54) is 11.1 Å². The summed E-state index contributed by atoms with van der Waals surface area (Å²) in [5.41, 5.74) is 2.97. The van der Waals surface area contributed by atoms with E-state index in [2.05, 4.69) is 36.5 Å². The molecule has 2 amide bonds. The highest BCUT2D eigenvalue weighted by molar-refractivity contribution is 7.99. The van der Waals surface area contributed by atoms with Crippen LogP contribution in [0.15, 0.2) is 48.5 Å². The molecule has 0 saturated carbocycles. The normalized spacial score (nSPS) is 12.2. The molecule has 0 radical (unpaired) electrons. The number of methoxy groups -OCH3 is 1. The molecule has 0 fully saturated rings. The second-order valence-electron chi connectivity index (χ2n) is 9.01. The lowest BCUT2D eigenvalue weighted by Crippen LogP contribution is -2.53. The molecule has 2 aromatic rings. The fourth-order valence-electron chi connectivity index (χ4n) is 3.36. The fraction of sp³-hybridized carbons (Fsp3) is 0.462. The summed E-state index contributed by atoms with van der Waals surface area (Å²) in [7, 11) is 1.62. The number of ether oxygens (including phenoxy) is 1. The van der Waals surface area contributed by atoms with Crippen LogP contribution >= 0.6 is 11.8 Å². The minimum absolute atomic E-state index is 0.0409. The smallest absolute Gasteiger partial charge is 0.243 e. The molecule has 0 aliphatic heterocycles. The van der Waals surface area contributed by atoms with Crippen molar-refractivity contribution < 1.29 is 14.3 Å². The minimum atomic E-state index is -0.534. The molecule has 0 spiro atoms. The first-order valence-corrected chi connectivity index (χ1v) is 12.2. The standard InChI is InChI=1S/C26H36N2O3S/c1-7-23(25(30)27-26(3,4)5)28(16-21-9-8-10-22(15-21)31-6)24(29)18-32-17-20-13-11-19(2)12-14-20/h8-15,23H,7,16-18H2,1-6H3,(H,27,30)/t23-/m0/s1. The second-order valence-corrected chi connectivity index (χ2v) is 10.0. The largest absolute Gasteiger partial charge is 0.497 e. The molecule has 1 atom stereocenters. The zero-order valence-electron chi connectivity index (χ0n) is 20.1. The second kappa shape index (κ2) is 12.0. The Balaban J connectivity index is 2.17. The van der Waals surface area contributed by atoms with Crippen molar-refractivity contribution in [3.8, 4) is 5.75 Å². The number of benzene rings is 2. The van der Waals surface area contributed by atoms with E-state index in [1.54, 1.807) is 23.8 Å². The zero-order chi connectivity index (χ0) is 23.7. The number of carbonyl (C=O) groups excluding carboxylic acids is 2. The first kappa shape index (κ1) is 25.8. The van der Waals surface area contributed by atoms with E-state index in [0.29, 0.717) is 18.7 Å². The van der Waals surface area contributed by atoms with Gasteiger partial charge >= 0.3 is 0 Å². The number of carbonyl (C=O) groups is 2. The number of hydrogen-bond acceptors (Lipinski definition) is 4. The summed E-state index contributed by atoms with van der Waals surface area (Å²) in [6.45, 7) is 10.2. The van der Waals surface area contributed by atoms with Crippen LogP contribution in [0.3, 0.4) is 0 Å². The van der Waals surface area contributed by atoms with Crippen LogP contribution < -0.4 is 10.1 Å². The lowest BCUT2D eigenvalue weighted by molar-refractivity contribution is -0.140. The molecule has 0 aliphatic carbocycles. The SMILES string of the molecule is CC[C@@H](C(=O)NC(C)(C)C)N(Cc1cccc(OC)c1)C(=O)CSCc1ccc(C)cc1. The van der Waals surface area contributed by atoms with Crippen LogP contribution in [0.25, 0.3) is 0 Å². The summed E-state index contributed by atoms with van der Waals surface area (Å²) in [4.78, 5) is 28.1. The Kier molecular flexibility index (Phi) is 9.63. The van der Waals surface area contributed by atoms with E-state index in [4.69, 9.17) is 4.74 Å². The summed E-state index contributed by atoms with van der Waals surface area (Å²) < 4.78 is 5.33. The Morgan fingerprint density at radius 1 is 1.09 bits per heavy atom. The molecular weight excluding hydrogens is 420 g/mol. The van der Waals surface area contributed by atoms with Crippen molar-refractivity contribution in [1.29, 1.82) is 0 Å². The van der Waals surface area contributed by atoms with Crippen LogP contribution in [0.5, 0.6) is 5.75 Å². The van der Waals surface area contributed by atoms with Gasteiger partial charge in [-0.05, 0) is 57.4 Å². The van der Waals surface area contributed by atoms with Crippen molar-refractivity contribution in [2.75, 3.05) is 12.9 Å². The van der Waals surface area contributed by atoms with E-state index in [0.717, 1.165) is 17.1 Å². The fourth-order valence-corrected chi connectivity index (χ4v) is 4.23. The molecule has 1 N–H and O–H groups in total. The maximum Gasteiger partial charge on any atom is 0.243 e. The van der Waals surface area contributed by atoms with E-state index in [9.17, 15) is 9.59 Å². The molecule has 32 heavy (non-hydrogen) atoms. The van der Waals surface area contributed by atoms with Crippen molar-refractivity contribution in [2.45, 2.75) is 64.9 Å². The van der Waals surface area contributed by atoms with Crippen LogP contribution in [-0.4, -0.2) is 41.2 Å². The highest BCUT2D eigenvalue weighted by Gasteiger charge is 2.30. The predicted octanol–water partition coefficient (Wildman–Crippen LogP) is 4.96. The van der Waals surface area contributed by atoms with Gasteiger partial charge in [-0.25, -0.2) is 0 Å². The van der Waals surface area contributed by atoms with Gasteiger partial charge in [0.25, 0.3) is 0 Å². The average Bonchev–Trinajstić information content (AvgIpc) is 2.73. The maximum atomic E-state index is 13.3. The maximum absolute atomic E-state index is 13.3. The van der Waals surface area contributed by atoms with Crippen molar-refractivity contribution in [1.82, 2.24) is 10.2 Å². The summed E-state index contributed by atoms with van der Waals surface area (Å²) >= 11 is 1.57. The molecule has 0 aliphatic rings. The molecule has 0 unspecified atom stereocenters.